The maximum atomic E-state index is 11.9. The van der Waals surface area contributed by atoms with E-state index in [1.807, 2.05) is 37.3 Å². The van der Waals surface area contributed by atoms with Gasteiger partial charge >= 0.3 is 10.1 Å². The molecule has 1 aromatic rings. The summed E-state index contributed by atoms with van der Waals surface area (Å²) in [6, 6.07) is 9.51. The van der Waals surface area contributed by atoms with Crippen molar-refractivity contribution in [2.24, 2.45) is 5.16 Å². The van der Waals surface area contributed by atoms with Gasteiger partial charge in [0.05, 0.1) is 37.0 Å². The first-order valence-corrected chi connectivity index (χ1v) is 9.95. The van der Waals surface area contributed by atoms with Gasteiger partial charge in [-0.25, -0.2) is 0 Å². The Balaban J connectivity index is 2.33. The predicted octanol–water partition coefficient (Wildman–Crippen LogP) is 3.69. The van der Waals surface area contributed by atoms with Crippen LogP contribution in [0.3, 0.4) is 0 Å². The quantitative estimate of drug-likeness (QED) is 0.648. The molecule has 1 aliphatic rings. The fourth-order valence-electron chi connectivity index (χ4n) is 2.63. The van der Waals surface area contributed by atoms with Crippen LogP contribution in [0.1, 0.15) is 37.7 Å². The van der Waals surface area contributed by atoms with Crippen molar-refractivity contribution in [3.8, 4) is 11.8 Å². The van der Waals surface area contributed by atoms with E-state index in [0.717, 1.165) is 17.6 Å². The minimum Gasteiger partial charge on any atom is -0.497 e. The summed E-state index contributed by atoms with van der Waals surface area (Å²) >= 11 is 0. The van der Waals surface area contributed by atoms with Crippen LogP contribution in [-0.2, 0) is 14.4 Å². The highest BCUT2D eigenvalue weighted by atomic mass is 32.2. The average Bonchev–Trinajstić information content (AvgIpc) is 2.65. The van der Waals surface area contributed by atoms with Crippen molar-refractivity contribution < 1.29 is 17.4 Å². The van der Waals surface area contributed by atoms with E-state index in [9.17, 15) is 8.42 Å². The molecule has 1 aliphatic carbocycles. The minimum atomic E-state index is -3.72. The van der Waals surface area contributed by atoms with Gasteiger partial charge in [-0.1, -0.05) is 42.8 Å². The standard InChI is InChI=1S/C19H22N2O4S/c1-3-4-14-26(22,23)25-21-18-7-5-6-15(12-13-20)19(18)16-8-10-17(24-2)11-9-16/h5-11,19H,3-4,12,14H2,1-2H3. The maximum Gasteiger partial charge on any atom is 0.328 e. The molecule has 1 aromatic carbocycles. The lowest BCUT2D eigenvalue weighted by Crippen LogP contribution is -2.18. The van der Waals surface area contributed by atoms with Crippen LogP contribution in [0.25, 0.3) is 0 Å². The second-order valence-electron chi connectivity index (χ2n) is 5.85. The van der Waals surface area contributed by atoms with Crippen LogP contribution < -0.4 is 4.74 Å². The zero-order valence-corrected chi connectivity index (χ0v) is 15.7. The second-order valence-corrected chi connectivity index (χ2v) is 7.52. The van der Waals surface area contributed by atoms with Gasteiger partial charge in [-0.05, 0) is 35.8 Å². The van der Waals surface area contributed by atoms with Crippen molar-refractivity contribution in [3.05, 3.63) is 53.6 Å². The smallest absolute Gasteiger partial charge is 0.328 e. The number of nitrogens with zero attached hydrogens (tertiary/aromatic N) is 2. The van der Waals surface area contributed by atoms with E-state index >= 15 is 0 Å². The molecule has 0 radical (unpaired) electrons. The van der Waals surface area contributed by atoms with E-state index in [2.05, 4.69) is 11.2 Å². The van der Waals surface area contributed by atoms with Crippen LogP contribution in [-0.4, -0.2) is 27.0 Å². The predicted molar refractivity (Wildman–Crippen MR) is 100 cm³/mol. The lowest BCUT2D eigenvalue weighted by atomic mass is 9.82. The van der Waals surface area contributed by atoms with Crippen LogP contribution in [0.2, 0.25) is 0 Å². The molecule has 0 aliphatic heterocycles. The molecule has 7 heteroatoms. The number of hydrogen-bond acceptors (Lipinski definition) is 6. The van der Waals surface area contributed by atoms with Gasteiger partial charge in [-0.15, -0.1) is 0 Å². The first-order chi connectivity index (χ1) is 12.5. The molecule has 138 valence electrons. The van der Waals surface area contributed by atoms with Crippen molar-refractivity contribution in [1.29, 1.82) is 5.26 Å². The largest absolute Gasteiger partial charge is 0.497 e. The van der Waals surface area contributed by atoms with Gasteiger partial charge in [0.15, 0.2) is 0 Å². The number of rotatable bonds is 8. The number of methoxy groups -OCH3 is 1. The van der Waals surface area contributed by atoms with Crippen molar-refractivity contribution >= 4 is 15.8 Å². The number of allylic oxidation sites excluding steroid dienone is 4. The fourth-order valence-corrected chi connectivity index (χ4v) is 3.54. The van der Waals surface area contributed by atoms with Crippen molar-refractivity contribution in [2.75, 3.05) is 12.9 Å². The number of hydrogen-bond donors (Lipinski definition) is 0. The highest BCUT2D eigenvalue weighted by Gasteiger charge is 2.25. The summed E-state index contributed by atoms with van der Waals surface area (Å²) in [7, 11) is -2.13. The molecule has 0 amide bonds. The minimum absolute atomic E-state index is 0.0713. The van der Waals surface area contributed by atoms with E-state index in [0.29, 0.717) is 17.9 Å². The molecule has 0 saturated heterocycles. The third-order valence-corrected chi connectivity index (χ3v) is 5.07. The Morgan fingerprint density at radius 3 is 2.62 bits per heavy atom. The topological polar surface area (TPSA) is 88.8 Å². The second kappa shape index (κ2) is 9.20. The molecule has 0 N–H and O–H groups in total. The molecular formula is C19H22N2O4S. The fraction of sp³-hybridized carbons (Fsp3) is 0.368. The Kier molecular flexibility index (Phi) is 6.98. The SMILES string of the molecule is CCCCS(=O)(=O)ON=C1C=CC=C(CC#N)C1c1ccc(OC)cc1. The Bertz CT molecular complexity index is 847. The Morgan fingerprint density at radius 2 is 2.00 bits per heavy atom. The normalized spacial score (nSPS) is 18.3. The number of nitriles is 1. The molecule has 0 saturated carbocycles. The van der Waals surface area contributed by atoms with Gasteiger partial charge in [0.25, 0.3) is 0 Å². The van der Waals surface area contributed by atoms with Crippen molar-refractivity contribution in [1.82, 2.24) is 0 Å². The summed E-state index contributed by atoms with van der Waals surface area (Å²) in [5.41, 5.74) is 2.15. The van der Waals surface area contributed by atoms with Gasteiger partial charge < -0.3 is 4.74 Å². The van der Waals surface area contributed by atoms with Crippen LogP contribution >= 0.6 is 0 Å². The molecule has 0 fully saturated rings. The van der Waals surface area contributed by atoms with Crippen LogP contribution in [0.15, 0.2) is 53.2 Å². The Hall–Kier alpha value is -2.59. The summed E-state index contributed by atoms with van der Waals surface area (Å²) in [5.74, 6) is 0.299. The summed E-state index contributed by atoms with van der Waals surface area (Å²) in [4.78, 5) is 0. The van der Waals surface area contributed by atoms with E-state index in [-0.39, 0.29) is 18.1 Å². The zero-order valence-electron chi connectivity index (χ0n) is 14.9. The molecule has 1 unspecified atom stereocenters. The lowest BCUT2D eigenvalue weighted by Gasteiger charge is -2.22. The van der Waals surface area contributed by atoms with Crippen molar-refractivity contribution in [3.63, 3.8) is 0 Å². The number of unbranched alkanes of at least 4 members (excludes halogenated alkanes) is 1. The van der Waals surface area contributed by atoms with Crippen LogP contribution in [0, 0.1) is 11.3 Å². The van der Waals surface area contributed by atoms with Crippen molar-refractivity contribution in [2.45, 2.75) is 32.1 Å². The number of benzene rings is 1. The van der Waals surface area contributed by atoms with Gasteiger partial charge in [0, 0.05) is 0 Å². The summed E-state index contributed by atoms with van der Waals surface area (Å²) in [6.45, 7) is 1.91. The third-order valence-electron chi connectivity index (χ3n) is 3.98. The highest BCUT2D eigenvalue weighted by Crippen LogP contribution is 2.32. The molecule has 26 heavy (non-hydrogen) atoms. The molecule has 2 rings (SSSR count). The highest BCUT2D eigenvalue weighted by molar-refractivity contribution is 7.86. The lowest BCUT2D eigenvalue weighted by molar-refractivity contribution is 0.337. The molecule has 0 bridgehead atoms. The number of ether oxygens (including phenoxy) is 1. The van der Waals surface area contributed by atoms with Gasteiger partial charge in [-0.3, -0.25) is 4.28 Å². The molecular weight excluding hydrogens is 352 g/mol. The molecule has 0 heterocycles. The molecule has 6 nitrogen and oxygen atoms in total. The monoisotopic (exact) mass is 374 g/mol. The molecule has 1 atom stereocenters. The van der Waals surface area contributed by atoms with E-state index < -0.39 is 10.1 Å². The zero-order chi connectivity index (χ0) is 19.0. The van der Waals surface area contributed by atoms with Gasteiger partial charge in [0.1, 0.15) is 5.75 Å². The Morgan fingerprint density at radius 1 is 1.27 bits per heavy atom. The van der Waals surface area contributed by atoms with E-state index in [4.69, 9.17) is 14.3 Å². The Labute approximate surface area is 154 Å². The molecule has 0 aromatic heterocycles. The first kappa shape index (κ1) is 19.7. The van der Waals surface area contributed by atoms with E-state index in [1.54, 1.807) is 19.3 Å². The third kappa shape index (κ3) is 5.20. The van der Waals surface area contributed by atoms with Gasteiger partial charge in [-0.2, -0.15) is 13.7 Å². The average molecular weight is 374 g/mol. The summed E-state index contributed by atoms with van der Waals surface area (Å²) in [6.07, 6.45) is 6.77. The van der Waals surface area contributed by atoms with Gasteiger partial charge in [0.2, 0.25) is 0 Å². The summed E-state index contributed by atoms with van der Waals surface area (Å²) in [5, 5.41) is 13.0. The molecule has 0 spiro atoms. The van der Waals surface area contributed by atoms with Crippen LogP contribution in [0.5, 0.6) is 5.75 Å². The van der Waals surface area contributed by atoms with E-state index in [1.165, 1.54) is 0 Å². The van der Waals surface area contributed by atoms with Crippen LogP contribution in [0.4, 0.5) is 0 Å². The summed E-state index contributed by atoms with van der Waals surface area (Å²) < 4.78 is 33.9. The maximum absolute atomic E-state index is 11.9. The number of oxime groups is 1. The first-order valence-electron chi connectivity index (χ1n) is 8.38.